The van der Waals surface area contributed by atoms with E-state index in [0.29, 0.717) is 0 Å². The molecule has 0 unspecified atom stereocenters. The van der Waals surface area contributed by atoms with Gasteiger partial charge in [-0.3, -0.25) is 4.79 Å². The van der Waals surface area contributed by atoms with Crippen LogP contribution in [0.2, 0.25) is 10.0 Å². The first-order chi connectivity index (χ1) is 16.7. The van der Waals surface area contributed by atoms with Crippen molar-refractivity contribution in [2.75, 3.05) is 18.1 Å². The molecule has 1 aliphatic heterocycles. The van der Waals surface area contributed by atoms with Crippen LogP contribution in [-0.4, -0.2) is 58.8 Å². The molecule has 1 amide bonds. The SMILES string of the molecule is CC1(NC(=O)c2nn3ccc(Oc4ncc(Cl)cc4OCC(F)(F)F)cc3c2Cl)CCS(=O)(=O)CC1. The zero-order chi connectivity index (χ0) is 26.3. The molecule has 194 valence electrons. The van der Waals surface area contributed by atoms with E-state index in [4.69, 9.17) is 32.7 Å². The van der Waals surface area contributed by atoms with Gasteiger partial charge >= 0.3 is 6.18 Å². The number of hydrogen-bond acceptors (Lipinski definition) is 7. The van der Waals surface area contributed by atoms with Crippen LogP contribution >= 0.6 is 23.2 Å². The summed E-state index contributed by atoms with van der Waals surface area (Å²) in [6, 6.07) is 4.00. The first-order valence-corrected chi connectivity index (χ1v) is 13.1. The van der Waals surface area contributed by atoms with Crippen molar-refractivity contribution >= 4 is 44.5 Å². The predicted molar refractivity (Wildman–Crippen MR) is 125 cm³/mol. The number of sulfone groups is 1. The lowest BCUT2D eigenvalue weighted by Gasteiger charge is -2.34. The van der Waals surface area contributed by atoms with E-state index in [1.54, 1.807) is 6.92 Å². The number of halogens is 5. The predicted octanol–water partition coefficient (Wildman–Crippen LogP) is 4.47. The summed E-state index contributed by atoms with van der Waals surface area (Å²) in [6.45, 7) is 0.189. The summed E-state index contributed by atoms with van der Waals surface area (Å²) in [6.07, 6.45) is -1.44. The van der Waals surface area contributed by atoms with E-state index in [2.05, 4.69) is 15.4 Å². The van der Waals surface area contributed by atoms with E-state index in [1.807, 2.05) is 0 Å². The molecule has 3 aromatic rings. The van der Waals surface area contributed by atoms with E-state index in [0.717, 1.165) is 6.07 Å². The van der Waals surface area contributed by atoms with E-state index in [9.17, 15) is 26.4 Å². The lowest BCUT2D eigenvalue weighted by atomic mass is 9.94. The highest BCUT2D eigenvalue weighted by molar-refractivity contribution is 7.91. The van der Waals surface area contributed by atoms with Crippen LogP contribution in [0.1, 0.15) is 30.3 Å². The van der Waals surface area contributed by atoms with Crippen molar-refractivity contribution in [3.63, 3.8) is 0 Å². The molecule has 36 heavy (non-hydrogen) atoms. The number of hydrogen-bond donors (Lipinski definition) is 1. The van der Waals surface area contributed by atoms with Crippen molar-refractivity contribution < 1.29 is 35.9 Å². The van der Waals surface area contributed by atoms with Gasteiger partial charge in [-0.2, -0.15) is 18.3 Å². The van der Waals surface area contributed by atoms with Crippen molar-refractivity contribution in [1.29, 1.82) is 0 Å². The van der Waals surface area contributed by atoms with Crippen molar-refractivity contribution in [3.8, 4) is 17.4 Å². The Bertz CT molecular complexity index is 1410. The van der Waals surface area contributed by atoms with E-state index < -0.39 is 34.1 Å². The standard InChI is InChI=1S/C21H19Cl2F3N4O5S/c1-20(3-6-36(32,33)7-4-20)28-18(31)17-16(23)14-9-13(2-5-30(14)29-17)35-19-15(8-12(22)10-27-19)34-11-21(24,25)26/h2,5,8-10H,3-4,6-7,11H2,1H3,(H,28,31). The second-order valence-electron chi connectivity index (χ2n) is 8.48. The topological polar surface area (TPSA) is 112 Å². The normalized spacial score (nSPS) is 17.1. The molecule has 0 aliphatic carbocycles. The lowest BCUT2D eigenvalue weighted by molar-refractivity contribution is -0.153. The summed E-state index contributed by atoms with van der Waals surface area (Å²) in [5, 5.41) is 7.06. The van der Waals surface area contributed by atoms with Gasteiger partial charge in [-0.25, -0.2) is 17.9 Å². The van der Waals surface area contributed by atoms with Crippen LogP contribution in [0, 0.1) is 0 Å². The van der Waals surface area contributed by atoms with Gasteiger partial charge in [0.05, 0.1) is 27.1 Å². The van der Waals surface area contributed by atoms with Crippen LogP contribution in [0.3, 0.4) is 0 Å². The second kappa shape index (κ2) is 9.60. The zero-order valence-corrected chi connectivity index (χ0v) is 20.9. The Balaban J connectivity index is 1.55. The first kappa shape index (κ1) is 26.3. The summed E-state index contributed by atoms with van der Waals surface area (Å²) >= 11 is 12.2. The smallest absolute Gasteiger partial charge is 0.422 e. The molecule has 0 bridgehead atoms. The molecule has 1 fully saturated rings. The maximum absolute atomic E-state index is 12.9. The Hall–Kier alpha value is -2.77. The molecule has 9 nitrogen and oxygen atoms in total. The summed E-state index contributed by atoms with van der Waals surface area (Å²) < 4.78 is 72.9. The van der Waals surface area contributed by atoms with Gasteiger partial charge in [-0.05, 0) is 25.8 Å². The number of rotatable bonds is 6. The van der Waals surface area contributed by atoms with Crippen LogP contribution in [0.4, 0.5) is 13.2 Å². The maximum atomic E-state index is 12.9. The van der Waals surface area contributed by atoms with Crippen molar-refractivity contribution in [2.45, 2.75) is 31.5 Å². The number of carbonyl (C=O) groups excluding carboxylic acids is 1. The third-order valence-electron chi connectivity index (χ3n) is 5.50. The molecule has 0 saturated carbocycles. The van der Waals surface area contributed by atoms with Crippen LogP contribution in [0.15, 0.2) is 30.6 Å². The third kappa shape index (κ3) is 6.13. The fraction of sp³-hybridized carbons (Fsp3) is 0.381. The molecule has 1 saturated heterocycles. The van der Waals surface area contributed by atoms with E-state index in [-0.39, 0.29) is 63.0 Å². The molecule has 1 aliphatic rings. The van der Waals surface area contributed by atoms with Crippen molar-refractivity contribution in [1.82, 2.24) is 19.9 Å². The Labute approximate surface area is 213 Å². The monoisotopic (exact) mass is 566 g/mol. The van der Waals surface area contributed by atoms with Crippen LogP contribution < -0.4 is 14.8 Å². The Morgan fingerprint density at radius 2 is 1.94 bits per heavy atom. The number of aromatic nitrogens is 3. The third-order valence-corrected chi connectivity index (χ3v) is 7.73. The average molecular weight is 567 g/mol. The van der Waals surface area contributed by atoms with Crippen LogP contribution in [0.5, 0.6) is 17.4 Å². The largest absolute Gasteiger partial charge is 0.478 e. The number of pyridine rings is 2. The molecule has 4 rings (SSSR count). The molecule has 4 heterocycles. The summed E-state index contributed by atoms with van der Waals surface area (Å²) in [5.74, 6) is -1.08. The minimum Gasteiger partial charge on any atom is -0.478 e. The van der Waals surface area contributed by atoms with Gasteiger partial charge < -0.3 is 14.8 Å². The second-order valence-corrected chi connectivity index (χ2v) is 11.6. The van der Waals surface area contributed by atoms with Crippen molar-refractivity contribution in [3.05, 3.63) is 46.3 Å². The number of ether oxygens (including phenoxy) is 2. The lowest BCUT2D eigenvalue weighted by Crippen LogP contribution is -2.51. The molecular weight excluding hydrogens is 548 g/mol. The minimum atomic E-state index is -4.58. The Morgan fingerprint density at radius 3 is 2.61 bits per heavy atom. The highest BCUT2D eigenvalue weighted by atomic mass is 35.5. The number of nitrogens with one attached hydrogen (secondary N) is 1. The Kier molecular flexibility index (Phi) is 7.01. The fourth-order valence-corrected chi connectivity index (χ4v) is 5.65. The fourth-order valence-electron chi connectivity index (χ4n) is 3.51. The molecule has 3 aromatic heterocycles. The average Bonchev–Trinajstić information content (AvgIpc) is 3.12. The maximum Gasteiger partial charge on any atom is 0.422 e. The van der Waals surface area contributed by atoms with E-state index in [1.165, 1.54) is 29.0 Å². The highest BCUT2D eigenvalue weighted by Gasteiger charge is 2.36. The molecule has 0 radical (unpaired) electrons. The molecular formula is C21H19Cl2F3N4O5S. The number of carbonyl (C=O) groups is 1. The number of alkyl halides is 3. The van der Waals surface area contributed by atoms with Crippen LogP contribution in [-0.2, 0) is 9.84 Å². The van der Waals surface area contributed by atoms with Gasteiger partial charge in [0.2, 0.25) is 0 Å². The van der Waals surface area contributed by atoms with Gasteiger partial charge in [0.15, 0.2) is 18.1 Å². The van der Waals surface area contributed by atoms with Gasteiger partial charge in [0.1, 0.15) is 15.6 Å². The zero-order valence-electron chi connectivity index (χ0n) is 18.6. The first-order valence-electron chi connectivity index (χ1n) is 10.5. The molecule has 0 spiro atoms. The number of fused-ring (bicyclic) bond motifs is 1. The van der Waals surface area contributed by atoms with E-state index >= 15 is 0 Å². The van der Waals surface area contributed by atoms with Crippen molar-refractivity contribution in [2.24, 2.45) is 0 Å². The molecule has 15 heteroatoms. The Morgan fingerprint density at radius 1 is 1.25 bits per heavy atom. The molecule has 0 atom stereocenters. The summed E-state index contributed by atoms with van der Waals surface area (Å²) in [7, 11) is -3.12. The van der Waals surface area contributed by atoms with Gasteiger partial charge in [-0.15, -0.1) is 0 Å². The van der Waals surface area contributed by atoms with Gasteiger partial charge in [-0.1, -0.05) is 23.2 Å². The highest BCUT2D eigenvalue weighted by Crippen LogP contribution is 2.34. The molecule has 0 aromatic carbocycles. The number of amides is 1. The summed E-state index contributed by atoms with van der Waals surface area (Å²) in [5.41, 5.74) is -0.534. The number of nitrogens with zero attached hydrogens (tertiary/aromatic N) is 3. The minimum absolute atomic E-state index is 0.00240. The van der Waals surface area contributed by atoms with Gasteiger partial charge in [0.25, 0.3) is 11.8 Å². The van der Waals surface area contributed by atoms with Crippen LogP contribution in [0.25, 0.3) is 5.52 Å². The summed E-state index contributed by atoms with van der Waals surface area (Å²) in [4.78, 5) is 16.8. The molecule has 1 N–H and O–H groups in total. The van der Waals surface area contributed by atoms with Gasteiger partial charge in [0, 0.05) is 30.1 Å². The quantitative estimate of drug-likeness (QED) is 0.468.